The van der Waals surface area contributed by atoms with Crippen LogP contribution >= 0.6 is 0 Å². The number of nitrogens with zero attached hydrogens (tertiary/aromatic N) is 2. The molecule has 0 aliphatic carbocycles. The number of carbonyl (C=O) groups excluding carboxylic acids is 1. The number of carbonyl (C=O) groups is 1. The van der Waals surface area contributed by atoms with E-state index in [9.17, 15) is 13.2 Å². The average molecular weight is 292 g/mol. The van der Waals surface area contributed by atoms with Crippen molar-refractivity contribution in [2.75, 3.05) is 13.1 Å². The minimum atomic E-state index is -3.57. The van der Waals surface area contributed by atoms with Crippen molar-refractivity contribution < 1.29 is 13.2 Å². The summed E-state index contributed by atoms with van der Waals surface area (Å²) in [5, 5.41) is 8.84. The van der Waals surface area contributed by atoms with Crippen molar-refractivity contribution >= 4 is 15.8 Å². The van der Waals surface area contributed by atoms with Crippen LogP contribution in [0.25, 0.3) is 0 Å². The Morgan fingerprint density at radius 3 is 2.55 bits per heavy atom. The average Bonchev–Trinajstić information content (AvgIpc) is 2.47. The Morgan fingerprint density at radius 2 is 2.00 bits per heavy atom. The van der Waals surface area contributed by atoms with Crippen molar-refractivity contribution in [2.45, 2.75) is 24.7 Å². The summed E-state index contributed by atoms with van der Waals surface area (Å²) in [6, 6.07) is 7.95. The molecule has 106 valence electrons. The van der Waals surface area contributed by atoms with Crippen LogP contribution in [0.3, 0.4) is 0 Å². The standard InChI is InChI=1S/C14H16N2O3S/c1-11(17)13-5-7-16(8-6-13)20(18,19)14-4-2-3-12(9-14)10-15/h2-4,9,13H,5-8H2,1H3. The van der Waals surface area contributed by atoms with Gasteiger partial charge in [0.2, 0.25) is 10.0 Å². The summed E-state index contributed by atoms with van der Waals surface area (Å²) < 4.78 is 26.3. The molecule has 1 aliphatic heterocycles. The Kier molecular flexibility index (Phi) is 4.21. The van der Waals surface area contributed by atoms with Crippen LogP contribution in [0.15, 0.2) is 29.2 Å². The van der Waals surface area contributed by atoms with Gasteiger partial charge in [0.25, 0.3) is 0 Å². The third-order valence-electron chi connectivity index (χ3n) is 3.63. The summed E-state index contributed by atoms with van der Waals surface area (Å²) in [6.45, 7) is 2.25. The molecule has 1 aliphatic rings. The maximum atomic E-state index is 12.5. The number of Topliss-reactive ketones (excluding diaryl/α,β-unsaturated/α-hetero) is 1. The smallest absolute Gasteiger partial charge is 0.243 e. The van der Waals surface area contributed by atoms with Crippen LogP contribution < -0.4 is 0 Å². The predicted molar refractivity (Wildman–Crippen MR) is 73.3 cm³/mol. The molecule has 5 nitrogen and oxygen atoms in total. The van der Waals surface area contributed by atoms with Gasteiger partial charge in [-0.1, -0.05) is 6.07 Å². The largest absolute Gasteiger partial charge is 0.300 e. The first kappa shape index (κ1) is 14.7. The van der Waals surface area contributed by atoms with Gasteiger partial charge in [0, 0.05) is 19.0 Å². The van der Waals surface area contributed by atoms with Gasteiger partial charge in [-0.3, -0.25) is 4.79 Å². The molecule has 0 atom stereocenters. The van der Waals surface area contributed by atoms with Crippen molar-refractivity contribution in [3.05, 3.63) is 29.8 Å². The van der Waals surface area contributed by atoms with Gasteiger partial charge in [-0.25, -0.2) is 8.42 Å². The van der Waals surface area contributed by atoms with Gasteiger partial charge < -0.3 is 0 Å². The Labute approximate surface area is 118 Å². The molecule has 0 N–H and O–H groups in total. The maximum Gasteiger partial charge on any atom is 0.243 e. The zero-order valence-corrected chi connectivity index (χ0v) is 12.1. The summed E-state index contributed by atoms with van der Waals surface area (Å²) in [4.78, 5) is 11.4. The number of hydrogen-bond acceptors (Lipinski definition) is 4. The van der Waals surface area contributed by atoms with E-state index in [-0.39, 0.29) is 16.6 Å². The van der Waals surface area contributed by atoms with Crippen LogP contribution in [0.1, 0.15) is 25.3 Å². The second-order valence-electron chi connectivity index (χ2n) is 4.93. The third-order valence-corrected chi connectivity index (χ3v) is 5.52. The van der Waals surface area contributed by atoms with E-state index in [4.69, 9.17) is 5.26 Å². The number of piperidine rings is 1. The van der Waals surface area contributed by atoms with E-state index in [2.05, 4.69) is 0 Å². The molecule has 1 fully saturated rings. The second kappa shape index (κ2) is 5.73. The molecule has 1 heterocycles. The molecule has 0 aromatic heterocycles. The Bertz CT molecular complexity index is 653. The topological polar surface area (TPSA) is 78.2 Å². The van der Waals surface area contributed by atoms with E-state index in [1.807, 2.05) is 6.07 Å². The summed E-state index contributed by atoms with van der Waals surface area (Å²) in [5.41, 5.74) is 0.324. The van der Waals surface area contributed by atoms with Crippen molar-refractivity contribution in [1.82, 2.24) is 4.31 Å². The quantitative estimate of drug-likeness (QED) is 0.846. The molecular weight excluding hydrogens is 276 g/mol. The van der Waals surface area contributed by atoms with Crippen molar-refractivity contribution in [1.29, 1.82) is 5.26 Å². The highest BCUT2D eigenvalue weighted by Crippen LogP contribution is 2.24. The fourth-order valence-corrected chi connectivity index (χ4v) is 3.89. The lowest BCUT2D eigenvalue weighted by atomic mass is 9.95. The minimum Gasteiger partial charge on any atom is -0.300 e. The van der Waals surface area contributed by atoms with E-state index in [0.29, 0.717) is 31.5 Å². The first-order chi connectivity index (χ1) is 9.45. The van der Waals surface area contributed by atoms with Gasteiger partial charge in [-0.2, -0.15) is 9.57 Å². The summed E-state index contributed by atoms with van der Waals surface area (Å²) in [6.07, 6.45) is 1.12. The maximum absolute atomic E-state index is 12.5. The first-order valence-electron chi connectivity index (χ1n) is 6.46. The fraction of sp³-hybridized carbons (Fsp3) is 0.429. The van der Waals surface area contributed by atoms with Gasteiger partial charge in [-0.05, 0) is 38.0 Å². The van der Waals surface area contributed by atoms with Crippen LogP contribution in [0.5, 0.6) is 0 Å². The zero-order valence-electron chi connectivity index (χ0n) is 11.2. The van der Waals surface area contributed by atoms with E-state index in [1.54, 1.807) is 19.1 Å². The van der Waals surface area contributed by atoms with E-state index >= 15 is 0 Å². The highest BCUT2D eigenvalue weighted by atomic mass is 32.2. The van der Waals surface area contributed by atoms with Crippen LogP contribution in [-0.4, -0.2) is 31.6 Å². The molecule has 0 radical (unpaired) electrons. The van der Waals surface area contributed by atoms with Gasteiger partial charge in [0.1, 0.15) is 5.78 Å². The van der Waals surface area contributed by atoms with E-state index in [0.717, 1.165) is 0 Å². The molecule has 0 spiro atoms. The second-order valence-corrected chi connectivity index (χ2v) is 6.87. The van der Waals surface area contributed by atoms with Crippen LogP contribution in [0.2, 0.25) is 0 Å². The molecule has 1 aromatic carbocycles. The number of rotatable bonds is 3. The Hall–Kier alpha value is -1.71. The number of nitriles is 1. The van der Waals surface area contributed by atoms with Gasteiger partial charge in [0.15, 0.2) is 0 Å². The van der Waals surface area contributed by atoms with Crippen LogP contribution in [0.4, 0.5) is 0 Å². The summed E-state index contributed by atoms with van der Waals surface area (Å²) >= 11 is 0. The number of benzene rings is 1. The number of hydrogen-bond donors (Lipinski definition) is 0. The lowest BCUT2D eigenvalue weighted by Gasteiger charge is -2.30. The van der Waals surface area contributed by atoms with Crippen molar-refractivity contribution in [3.8, 4) is 6.07 Å². The molecule has 1 saturated heterocycles. The fourth-order valence-electron chi connectivity index (χ4n) is 2.38. The van der Waals surface area contributed by atoms with Gasteiger partial charge in [0.05, 0.1) is 16.5 Å². The Balaban J connectivity index is 2.20. The molecule has 20 heavy (non-hydrogen) atoms. The lowest BCUT2D eigenvalue weighted by Crippen LogP contribution is -2.39. The third kappa shape index (κ3) is 2.89. The molecule has 0 amide bonds. The van der Waals surface area contributed by atoms with Gasteiger partial charge in [-0.15, -0.1) is 0 Å². The summed E-state index contributed by atoms with van der Waals surface area (Å²) in [5.74, 6) is 0.0837. The minimum absolute atomic E-state index is 0.0353. The van der Waals surface area contributed by atoms with Crippen molar-refractivity contribution in [3.63, 3.8) is 0 Å². The molecule has 0 bridgehead atoms. The Morgan fingerprint density at radius 1 is 1.35 bits per heavy atom. The van der Waals surface area contributed by atoms with Crippen LogP contribution in [-0.2, 0) is 14.8 Å². The lowest BCUT2D eigenvalue weighted by molar-refractivity contribution is -0.121. The monoisotopic (exact) mass is 292 g/mol. The highest BCUT2D eigenvalue weighted by molar-refractivity contribution is 7.89. The number of ketones is 1. The van der Waals surface area contributed by atoms with E-state index in [1.165, 1.54) is 16.4 Å². The molecule has 1 aromatic rings. The van der Waals surface area contributed by atoms with Gasteiger partial charge >= 0.3 is 0 Å². The highest BCUT2D eigenvalue weighted by Gasteiger charge is 2.30. The number of sulfonamides is 1. The molecule has 6 heteroatoms. The molecule has 2 rings (SSSR count). The molecule has 0 unspecified atom stereocenters. The van der Waals surface area contributed by atoms with E-state index < -0.39 is 10.0 Å². The SMILES string of the molecule is CC(=O)C1CCN(S(=O)(=O)c2cccc(C#N)c2)CC1. The first-order valence-corrected chi connectivity index (χ1v) is 7.90. The van der Waals surface area contributed by atoms with Crippen molar-refractivity contribution in [2.24, 2.45) is 5.92 Å². The normalized spacial score (nSPS) is 17.6. The van der Waals surface area contributed by atoms with Crippen LogP contribution in [0, 0.1) is 17.2 Å². The zero-order chi connectivity index (χ0) is 14.8. The predicted octanol–water partition coefficient (Wildman–Crippen LogP) is 1.55. The summed E-state index contributed by atoms with van der Waals surface area (Å²) in [7, 11) is -3.57. The molecule has 0 saturated carbocycles. The molecular formula is C14H16N2O3S.